The van der Waals surface area contributed by atoms with Crippen LogP contribution in [-0.4, -0.2) is 57.9 Å². The van der Waals surface area contributed by atoms with Crippen molar-refractivity contribution in [2.45, 2.75) is 44.4 Å². The molecule has 1 aliphatic carbocycles. The number of likely N-dealkylation sites (tertiary alicyclic amines) is 1. The first kappa shape index (κ1) is 27.3. The standard InChI is InChI=1S/C30H32FN5O4/c1-17(24-13-22(32)9-6-19(24)5-4-18-2-3-18)34-30(40)27-14-23(37)16-36(27)28(38)15-33-29(39)26-10-7-20-12-21(31)8-11-25(20)35-26/h4-13,17-18,23,27,37H,2-3,14-16,32H2,1H3,(H,33,39)(H,34,40)/b5-4+/t17-,23+,27-/m0/s1. The van der Waals surface area contributed by atoms with E-state index in [1.165, 1.54) is 42.0 Å². The molecule has 5 N–H and O–H groups in total. The molecular formula is C30H32FN5O4. The van der Waals surface area contributed by atoms with Gasteiger partial charge in [-0.1, -0.05) is 24.3 Å². The Balaban J connectivity index is 1.22. The van der Waals surface area contributed by atoms with E-state index in [1.807, 2.05) is 25.1 Å². The molecule has 40 heavy (non-hydrogen) atoms. The monoisotopic (exact) mass is 545 g/mol. The Morgan fingerprint density at radius 2 is 1.98 bits per heavy atom. The Labute approximate surface area is 231 Å². The van der Waals surface area contributed by atoms with Crippen LogP contribution in [-0.2, 0) is 9.59 Å². The Morgan fingerprint density at radius 3 is 2.75 bits per heavy atom. The second-order valence-corrected chi connectivity index (χ2v) is 10.5. The molecule has 3 atom stereocenters. The topological polar surface area (TPSA) is 138 Å². The molecule has 2 aliphatic rings. The number of fused-ring (bicyclic) bond motifs is 1. The fourth-order valence-electron chi connectivity index (χ4n) is 4.94. The number of aliphatic hydroxyl groups is 1. The largest absolute Gasteiger partial charge is 0.399 e. The lowest BCUT2D eigenvalue weighted by Crippen LogP contribution is -2.49. The minimum Gasteiger partial charge on any atom is -0.399 e. The van der Waals surface area contributed by atoms with Crippen molar-refractivity contribution in [3.63, 3.8) is 0 Å². The number of nitrogens with two attached hydrogens (primary N) is 1. The van der Waals surface area contributed by atoms with Crippen LogP contribution in [0.25, 0.3) is 17.0 Å². The summed E-state index contributed by atoms with van der Waals surface area (Å²) in [7, 11) is 0. The predicted octanol–water partition coefficient (Wildman–Crippen LogP) is 2.95. The van der Waals surface area contributed by atoms with Crippen LogP contribution in [0.4, 0.5) is 10.1 Å². The van der Waals surface area contributed by atoms with Gasteiger partial charge in [-0.05, 0) is 73.2 Å². The number of benzene rings is 2. The molecule has 9 nitrogen and oxygen atoms in total. The highest BCUT2D eigenvalue weighted by Gasteiger charge is 2.39. The number of β-amino-alcohol motifs (C(OH)–C–C–N with tert-alkyl or cyclic N) is 1. The van der Waals surface area contributed by atoms with Gasteiger partial charge >= 0.3 is 0 Å². The second kappa shape index (κ2) is 11.4. The third-order valence-corrected chi connectivity index (χ3v) is 7.29. The number of aliphatic hydroxyl groups excluding tert-OH is 1. The third-order valence-electron chi connectivity index (χ3n) is 7.29. The van der Waals surface area contributed by atoms with Crippen LogP contribution in [0.3, 0.4) is 0 Å². The average molecular weight is 546 g/mol. The molecule has 5 rings (SSSR count). The number of nitrogens with one attached hydrogen (secondary N) is 2. The van der Waals surface area contributed by atoms with E-state index in [0.29, 0.717) is 22.5 Å². The van der Waals surface area contributed by atoms with E-state index in [-0.39, 0.29) is 25.2 Å². The Kier molecular flexibility index (Phi) is 7.79. The van der Waals surface area contributed by atoms with Crippen molar-refractivity contribution in [3.05, 3.63) is 77.2 Å². The number of anilines is 1. The predicted molar refractivity (Wildman–Crippen MR) is 149 cm³/mol. The fraction of sp³-hybridized carbons (Fsp3) is 0.333. The lowest BCUT2D eigenvalue weighted by molar-refractivity contribution is -0.138. The van der Waals surface area contributed by atoms with Crippen molar-refractivity contribution >= 4 is 40.4 Å². The number of amides is 3. The van der Waals surface area contributed by atoms with Gasteiger partial charge in [-0.15, -0.1) is 0 Å². The summed E-state index contributed by atoms with van der Waals surface area (Å²) in [5.74, 6) is -1.29. The maximum absolute atomic E-state index is 13.4. The summed E-state index contributed by atoms with van der Waals surface area (Å²) in [6.45, 7) is 1.46. The summed E-state index contributed by atoms with van der Waals surface area (Å²) in [5.41, 5.74) is 8.94. The van der Waals surface area contributed by atoms with Crippen LogP contribution in [0.1, 0.15) is 53.8 Å². The number of carbonyl (C=O) groups excluding carboxylic acids is 3. The molecule has 2 fully saturated rings. The van der Waals surface area contributed by atoms with E-state index in [9.17, 15) is 23.9 Å². The zero-order valence-electron chi connectivity index (χ0n) is 22.1. The van der Waals surface area contributed by atoms with Gasteiger partial charge in [-0.2, -0.15) is 0 Å². The zero-order chi connectivity index (χ0) is 28.4. The first-order valence-corrected chi connectivity index (χ1v) is 13.4. The molecule has 0 unspecified atom stereocenters. The minimum absolute atomic E-state index is 0.0192. The van der Waals surface area contributed by atoms with E-state index in [4.69, 9.17) is 5.73 Å². The summed E-state index contributed by atoms with van der Waals surface area (Å²) < 4.78 is 13.4. The third kappa shape index (κ3) is 6.28. The van der Waals surface area contributed by atoms with E-state index >= 15 is 0 Å². The van der Waals surface area contributed by atoms with Gasteiger partial charge in [0.15, 0.2) is 0 Å². The smallest absolute Gasteiger partial charge is 0.270 e. The number of halogens is 1. The van der Waals surface area contributed by atoms with Crippen LogP contribution in [0.5, 0.6) is 0 Å². The van der Waals surface area contributed by atoms with E-state index in [2.05, 4.69) is 27.8 Å². The Morgan fingerprint density at radius 1 is 1.18 bits per heavy atom. The molecule has 3 aromatic rings. The summed E-state index contributed by atoms with van der Waals surface area (Å²) in [6, 6.07) is 11.4. The van der Waals surface area contributed by atoms with Gasteiger partial charge in [-0.3, -0.25) is 14.4 Å². The number of hydrogen-bond donors (Lipinski definition) is 4. The zero-order valence-corrected chi connectivity index (χ0v) is 22.1. The van der Waals surface area contributed by atoms with Gasteiger partial charge in [0.2, 0.25) is 11.8 Å². The fourth-order valence-corrected chi connectivity index (χ4v) is 4.94. The number of nitrogens with zero attached hydrogens (tertiary/aromatic N) is 2. The van der Waals surface area contributed by atoms with Gasteiger partial charge in [-0.25, -0.2) is 9.37 Å². The lowest BCUT2D eigenvalue weighted by Gasteiger charge is -2.26. The molecule has 2 aromatic carbocycles. The van der Waals surface area contributed by atoms with Crippen LogP contribution >= 0.6 is 0 Å². The van der Waals surface area contributed by atoms with E-state index < -0.39 is 41.7 Å². The van der Waals surface area contributed by atoms with Gasteiger partial charge in [0.25, 0.3) is 5.91 Å². The molecule has 0 radical (unpaired) electrons. The van der Waals surface area contributed by atoms with Crippen molar-refractivity contribution in [3.8, 4) is 0 Å². The highest BCUT2D eigenvalue weighted by molar-refractivity contribution is 5.97. The number of allylic oxidation sites excluding steroid dienone is 1. The molecule has 208 valence electrons. The number of pyridine rings is 1. The van der Waals surface area contributed by atoms with Crippen molar-refractivity contribution < 1.29 is 23.9 Å². The van der Waals surface area contributed by atoms with E-state index in [0.717, 1.165) is 11.1 Å². The highest BCUT2D eigenvalue weighted by Crippen LogP contribution is 2.32. The molecular weight excluding hydrogens is 513 g/mol. The Hall–Kier alpha value is -4.31. The molecule has 1 aliphatic heterocycles. The van der Waals surface area contributed by atoms with Gasteiger partial charge < -0.3 is 26.4 Å². The van der Waals surface area contributed by atoms with Crippen LogP contribution in [0, 0.1) is 11.7 Å². The summed E-state index contributed by atoms with van der Waals surface area (Å²) in [5, 5.41) is 16.3. The molecule has 10 heteroatoms. The second-order valence-electron chi connectivity index (χ2n) is 10.5. The van der Waals surface area contributed by atoms with Crippen LogP contribution in [0.15, 0.2) is 54.6 Å². The maximum atomic E-state index is 13.4. The van der Waals surface area contributed by atoms with Crippen molar-refractivity contribution in [2.75, 3.05) is 18.8 Å². The average Bonchev–Trinajstić information content (AvgIpc) is 3.68. The quantitative estimate of drug-likeness (QED) is 0.321. The molecule has 0 bridgehead atoms. The van der Waals surface area contributed by atoms with Crippen molar-refractivity contribution in [1.82, 2.24) is 20.5 Å². The minimum atomic E-state index is -0.887. The molecule has 1 aromatic heterocycles. The lowest BCUT2D eigenvalue weighted by atomic mass is 9.99. The molecule has 1 saturated carbocycles. The van der Waals surface area contributed by atoms with Crippen LogP contribution in [0.2, 0.25) is 0 Å². The Bertz CT molecular complexity index is 1490. The number of rotatable bonds is 8. The van der Waals surface area contributed by atoms with Crippen LogP contribution < -0.4 is 16.4 Å². The maximum Gasteiger partial charge on any atom is 0.270 e. The first-order chi connectivity index (χ1) is 19.2. The van der Waals surface area contributed by atoms with Gasteiger partial charge in [0, 0.05) is 24.0 Å². The molecule has 1 saturated heterocycles. The highest BCUT2D eigenvalue weighted by atomic mass is 19.1. The first-order valence-electron chi connectivity index (χ1n) is 13.4. The molecule has 0 spiro atoms. The summed E-state index contributed by atoms with van der Waals surface area (Å²) >= 11 is 0. The molecule has 2 heterocycles. The normalized spacial score (nSPS) is 19.6. The summed E-state index contributed by atoms with van der Waals surface area (Å²) in [6.07, 6.45) is 5.81. The van der Waals surface area contributed by atoms with E-state index in [1.54, 1.807) is 6.07 Å². The van der Waals surface area contributed by atoms with Gasteiger partial charge in [0.05, 0.1) is 24.2 Å². The summed E-state index contributed by atoms with van der Waals surface area (Å²) in [4.78, 5) is 44.5. The van der Waals surface area contributed by atoms with Crippen molar-refractivity contribution in [1.29, 1.82) is 0 Å². The number of aromatic nitrogens is 1. The van der Waals surface area contributed by atoms with Gasteiger partial charge in [0.1, 0.15) is 17.6 Å². The van der Waals surface area contributed by atoms with Crippen molar-refractivity contribution in [2.24, 2.45) is 5.92 Å². The molecule has 3 amide bonds. The SMILES string of the molecule is C[C@H](NC(=O)[C@@H]1C[C@@H](O)CN1C(=O)CNC(=O)c1ccc2cc(F)ccc2n1)c1cc(N)ccc1/C=C/C1CC1. The number of nitrogen functional groups attached to an aromatic ring is 1. The number of carbonyl (C=O) groups is 3. The number of hydrogen-bond acceptors (Lipinski definition) is 6.